The molecule has 0 atom stereocenters. The number of hydrazone groups is 1. The van der Waals surface area contributed by atoms with Crippen LogP contribution in [0.25, 0.3) is 0 Å². The van der Waals surface area contributed by atoms with Crippen molar-refractivity contribution in [3.05, 3.63) is 56.6 Å². The van der Waals surface area contributed by atoms with Gasteiger partial charge in [0.25, 0.3) is 5.91 Å². The zero-order valence-electron chi connectivity index (χ0n) is 15.6. The topological polar surface area (TPSA) is 59.9 Å². The predicted molar refractivity (Wildman–Crippen MR) is 108 cm³/mol. The normalized spacial score (nSPS) is 10.8. The maximum Gasteiger partial charge on any atom is 0.271 e. The molecule has 0 aliphatic rings. The summed E-state index contributed by atoms with van der Waals surface area (Å²) in [6.07, 6.45) is 1.65. The molecule has 0 spiro atoms. The van der Waals surface area contributed by atoms with Gasteiger partial charge < -0.3 is 9.47 Å². The molecule has 5 nitrogen and oxygen atoms in total. The Morgan fingerprint density at radius 2 is 1.85 bits per heavy atom. The quantitative estimate of drug-likeness (QED) is 0.552. The van der Waals surface area contributed by atoms with Gasteiger partial charge in [-0.15, -0.1) is 0 Å². The van der Waals surface area contributed by atoms with Gasteiger partial charge in [0.05, 0.1) is 24.4 Å². The summed E-state index contributed by atoms with van der Waals surface area (Å²) in [4.78, 5) is 12.4. The first-order valence-corrected chi connectivity index (χ1v) is 9.08. The number of nitrogens with zero attached hydrogens (tertiary/aromatic N) is 1. The molecule has 0 bridgehead atoms. The molecule has 0 saturated heterocycles. The van der Waals surface area contributed by atoms with Crippen molar-refractivity contribution in [1.82, 2.24) is 5.43 Å². The molecule has 0 aliphatic carbocycles. The minimum absolute atomic E-state index is 0.329. The van der Waals surface area contributed by atoms with E-state index in [2.05, 4.69) is 52.4 Å². The van der Waals surface area contributed by atoms with Crippen molar-refractivity contribution in [3.63, 3.8) is 0 Å². The molecular weight excluding hydrogens is 396 g/mol. The lowest BCUT2D eigenvalue weighted by Gasteiger charge is -2.12. The summed E-state index contributed by atoms with van der Waals surface area (Å²) in [7, 11) is 1.53. The zero-order valence-corrected chi connectivity index (χ0v) is 17.2. The van der Waals surface area contributed by atoms with Gasteiger partial charge in [-0.1, -0.05) is 6.07 Å². The maximum atomic E-state index is 12.4. The number of hydrogen-bond donors (Lipinski definition) is 1. The average Bonchev–Trinajstić information content (AvgIpc) is 2.60. The van der Waals surface area contributed by atoms with Gasteiger partial charge in [-0.2, -0.15) is 5.10 Å². The lowest BCUT2D eigenvalue weighted by Crippen LogP contribution is -2.18. The van der Waals surface area contributed by atoms with Gasteiger partial charge in [-0.25, -0.2) is 5.43 Å². The fourth-order valence-corrected chi connectivity index (χ4v) is 3.04. The van der Waals surface area contributed by atoms with Gasteiger partial charge in [-0.3, -0.25) is 4.79 Å². The first kappa shape index (κ1) is 20.0. The van der Waals surface area contributed by atoms with Gasteiger partial charge in [0.2, 0.25) is 0 Å². The number of benzene rings is 2. The Morgan fingerprint density at radius 3 is 2.50 bits per heavy atom. The molecule has 0 unspecified atom stereocenters. The molecule has 0 radical (unpaired) electrons. The summed E-state index contributed by atoms with van der Waals surface area (Å²) >= 11 is 3.41. The highest BCUT2D eigenvalue weighted by Gasteiger charge is 2.15. The van der Waals surface area contributed by atoms with E-state index in [4.69, 9.17) is 9.47 Å². The van der Waals surface area contributed by atoms with Crippen LogP contribution in [0.5, 0.6) is 11.5 Å². The van der Waals surface area contributed by atoms with Crippen LogP contribution in [0.3, 0.4) is 0 Å². The Kier molecular flexibility index (Phi) is 6.80. The summed E-state index contributed by atoms with van der Waals surface area (Å²) in [6.45, 7) is 8.52. The van der Waals surface area contributed by atoms with Gasteiger partial charge in [0, 0.05) is 5.56 Å². The van der Waals surface area contributed by atoms with E-state index < -0.39 is 0 Å². The molecule has 2 aromatic rings. The van der Waals surface area contributed by atoms with E-state index in [0.717, 1.165) is 11.1 Å². The van der Waals surface area contributed by atoms with Crippen molar-refractivity contribution in [3.8, 4) is 11.5 Å². The Hall–Kier alpha value is -2.34. The number of halogens is 1. The van der Waals surface area contributed by atoms with Crippen molar-refractivity contribution in [2.45, 2.75) is 27.7 Å². The molecule has 0 heterocycles. The van der Waals surface area contributed by atoms with Crippen LogP contribution in [-0.4, -0.2) is 25.8 Å². The Labute approximate surface area is 162 Å². The Morgan fingerprint density at radius 1 is 1.15 bits per heavy atom. The summed E-state index contributed by atoms with van der Waals surface area (Å²) in [6, 6.07) is 7.46. The molecule has 6 heteroatoms. The first-order valence-electron chi connectivity index (χ1n) is 8.29. The summed E-state index contributed by atoms with van der Waals surface area (Å²) in [5.74, 6) is 0.728. The van der Waals surface area contributed by atoms with Gasteiger partial charge in [-0.05, 0) is 84.1 Å². The van der Waals surface area contributed by atoms with Crippen LogP contribution < -0.4 is 14.9 Å². The van der Waals surface area contributed by atoms with Crippen LogP contribution in [0.4, 0.5) is 0 Å². The molecular formula is C20H23BrN2O3. The molecule has 0 aliphatic heterocycles. The van der Waals surface area contributed by atoms with Crippen molar-refractivity contribution >= 4 is 28.1 Å². The van der Waals surface area contributed by atoms with Crippen LogP contribution in [-0.2, 0) is 0 Å². The van der Waals surface area contributed by atoms with Gasteiger partial charge in [0.1, 0.15) is 0 Å². The molecule has 1 N–H and O–H groups in total. The monoisotopic (exact) mass is 418 g/mol. The van der Waals surface area contributed by atoms with Gasteiger partial charge >= 0.3 is 0 Å². The van der Waals surface area contributed by atoms with Gasteiger partial charge in [0.15, 0.2) is 11.5 Å². The lowest BCUT2D eigenvalue weighted by molar-refractivity contribution is 0.0954. The summed E-state index contributed by atoms with van der Waals surface area (Å²) in [5.41, 5.74) is 7.47. The summed E-state index contributed by atoms with van der Waals surface area (Å²) < 4.78 is 11.5. The molecule has 0 fully saturated rings. The zero-order chi connectivity index (χ0) is 19.3. The molecule has 0 saturated carbocycles. The number of amides is 1. The van der Waals surface area contributed by atoms with Crippen LogP contribution in [0, 0.1) is 20.8 Å². The van der Waals surface area contributed by atoms with Crippen molar-refractivity contribution in [2.24, 2.45) is 5.10 Å². The molecule has 138 valence electrons. The lowest BCUT2D eigenvalue weighted by atomic mass is 10.0. The highest BCUT2D eigenvalue weighted by molar-refractivity contribution is 9.10. The molecule has 2 rings (SSSR count). The SMILES string of the molecule is CCOc1c(Br)cc(C(=O)N/N=C\c2cc(C)c(C)cc2C)cc1OC. The number of methoxy groups -OCH3 is 1. The van der Waals surface area contributed by atoms with E-state index in [1.807, 2.05) is 13.8 Å². The fourth-order valence-electron chi connectivity index (χ4n) is 2.48. The number of aryl methyl sites for hydroxylation is 3. The number of nitrogens with one attached hydrogen (secondary N) is 1. The number of hydrogen-bond acceptors (Lipinski definition) is 4. The van der Waals surface area contributed by atoms with E-state index in [9.17, 15) is 4.79 Å². The summed E-state index contributed by atoms with van der Waals surface area (Å²) in [5, 5.41) is 4.08. The molecule has 1 amide bonds. The van der Waals surface area contributed by atoms with E-state index >= 15 is 0 Å². The van der Waals surface area contributed by atoms with E-state index in [1.165, 1.54) is 18.2 Å². The number of ether oxygens (including phenoxy) is 2. The second kappa shape index (κ2) is 8.85. The van der Waals surface area contributed by atoms with Crippen LogP contribution in [0.1, 0.15) is 39.5 Å². The third kappa shape index (κ3) is 4.64. The highest BCUT2D eigenvalue weighted by Crippen LogP contribution is 2.36. The minimum atomic E-state index is -0.329. The average molecular weight is 419 g/mol. The third-order valence-corrected chi connectivity index (χ3v) is 4.62. The number of carbonyl (C=O) groups excluding carboxylic acids is 1. The van der Waals surface area contributed by atoms with Crippen LogP contribution in [0.15, 0.2) is 33.8 Å². The standard InChI is InChI=1S/C20H23BrN2O3/c1-6-26-19-17(21)9-15(10-18(19)25-5)20(24)23-22-11-16-8-13(3)12(2)7-14(16)4/h7-11H,6H2,1-5H3,(H,23,24)/b22-11-. The van der Waals surface area contributed by atoms with Crippen molar-refractivity contribution < 1.29 is 14.3 Å². The van der Waals surface area contributed by atoms with E-state index in [0.29, 0.717) is 28.1 Å². The second-order valence-corrected chi connectivity index (χ2v) is 6.77. The third-order valence-electron chi connectivity index (χ3n) is 4.03. The first-order chi connectivity index (χ1) is 12.4. The largest absolute Gasteiger partial charge is 0.493 e. The van der Waals surface area contributed by atoms with E-state index in [1.54, 1.807) is 18.3 Å². The van der Waals surface area contributed by atoms with Crippen LogP contribution >= 0.6 is 15.9 Å². The second-order valence-electron chi connectivity index (χ2n) is 5.91. The maximum absolute atomic E-state index is 12.4. The van der Waals surface area contributed by atoms with Crippen molar-refractivity contribution in [2.75, 3.05) is 13.7 Å². The minimum Gasteiger partial charge on any atom is -0.493 e. The predicted octanol–water partition coefficient (Wildman–Crippen LogP) is 4.55. The smallest absolute Gasteiger partial charge is 0.271 e. The molecule has 26 heavy (non-hydrogen) atoms. The van der Waals surface area contributed by atoms with E-state index in [-0.39, 0.29) is 5.91 Å². The Balaban J connectivity index is 2.18. The van der Waals surface area contributed by atoms with Crippen molar-refractivity contribution in [1.29, 1.82) is 0 Å². The molecule has 0 aromatic heterocycles. The fraction of sp³-hybridized carbons (Fsp3) is 0.300. The number of carbonyl (C=O) groups is 1. The Bertz CT molecular complexity index is 847. The highest BCUT2D eigenvalue weighted by atomic mass is 79.9. The molecule has 2 aromatic carbocycles. The van der Waals surface area contributed by atoms with Crippen LogP contribution in [0.2, 0.25) is 0 Å². The number of rotatable bonds is 6.